The molecule has 0 saturated carbocycles. The van der Waals surface area contributed by atoms with Gasteiger partial charge in [0.2, 0.25) is 0 Å². The van der Waals surface area contributed by atoms with Crippen molar-refractivity contribution in [2.24, 2.45) is 0 Å². The van der Waals surface area contributed by atoms with Crippen molar-refractivity contribution in [3.8, 4) is 0 Å². The maximum absolute atomic E-state index is 5.79. The Labute approximate surface area is 101 Å². The third-order valence-electron chi connectivity index (χ3n) is 2.91. The Morgan fingerprint density at radius 3 is 3.00 bits per heavy atom. The van der Waals surface area contributed by atoms with Gasteiger partial charge >= 0.3 is 0 Å². The lowest BCUT2D eigenvalue weighted by molar-refractivity contribution is 0.688. The molecule has 2 heterocycles. The van der Waals surface area contributed by atoms with Gasteiger partial charge in [0.05, 0.1) is 0 Å². The quantitative estimate of drug-likeness (QED) is 0.866. The normalized spacial score (nSPS) is 20.0. The summed E-state index contributed by atoms with van der Waals surface area (Å²) in [6.45, 7) is 2.05. The minimum atomic E-state index is 0.569. The van der Waals surface area contributed by atoms with Crippen LogP contribution < -0.4 is 10.6 Å². The summed E-state index contributed by atoms with van der Waals surface area (Å²) < 4.78 is 0. The van der Waals surface area contributed by atoms with Gasteiger partial charge in [-0.1, -0.05) is 6.92 Å². The maximum atomic E-state index is 5.79. The monoisotopic (exact) mass is 238 g/mol. The van der Waals surface area contributed by atoms with Crippen molar-refractivity contribution in [3.63, 3.8) is 0 Å². The fourth-order valence-corrected chi connectivity index (χ4v) is 3.12. The summed E-state index contributed by atoms with van der Waals surface area (Å²) in [6, 6.07) is 2.45. The lowest BCUT2D eigenvalue weighted by atomic mass is 10.2. The van der Waals surface area contributed by atoms with Crippen LogP contribution in [0.4, 0.5) is 11.6 Å². The van der Waals surface area contributed by atoms with Gasteiger partial charge < -0.3 is 10.6 Å². The van der Waals surface area contributed by atoms with Crippen LogP contribution in [0.3, 0.4) is 0 Å². The summed E-state index contributed by atoms with van der Waals surface area (Å²) in [5.41, 5.74) is 5.79. The zero-order valence-electron chi connectivity index (χ0n) is 9.81. The Hall–Kier alpha value is -0.970. The molecule has 1 aliphatic heterocycles. The summed E-state index contributed by atoms with van der Waals surface area (Å²) in [7, 11) is 2.10. The van der Waals surface area contributed by atoms with E-state index in [1.54, 1.807) is 0 Å². The van der Waals surface area contributed by atoms with Gasteiger partial charge in [-0.15, -0.1) is 0 Å². The highest BCUT2D eigenvalue weighted by Crippen LogP contribution is 2.25. The Morgan fingerprint density at radius 1 is 1.56 bits per heavy atom. The van der Waals surface area contributed by atoms with Crippen molar-refractivity contribution in [1.82, 2.24) is 9.97 Å². The second kappa shape index (κ2) is 4.91. The average molecular weight is 238 g/mol. The van der Waals surface area contributed by atoms with E-state index in [0.29, 0.717) is 11.9 Å². The first kappa shape index (κ1) is 11.5. The molecule has 0 amide bonds. The van der Waals surface area contributed by atoms with Crippen LogP contribution in [0.1, 0.15) is 19.2 Å². The van der Waals surface area contributed by atoms with Crippen molar-refractivity contribution in [1.29, 1.82) is 0 Å². The number of anilines is 2. The van der Waals surface area contributed by atoms with Crippen LogP contribution in [0.15, 0.2) is 6.07 Å². The Balaban J connectivity index is 2.21. The van der Waals surface area contributed by atoms with Crippen molar-refractivity contribution in [2.75, 3.05) is 29.2 Å². The number of aromatic nitrogens is 2. The topological polar surface area (TPSA) is 55.0 Å². The number of nitrogen functional groups attached to an aromatic ring is 1. The molecule has 0 spiro atoms. The Morgan fingerprint density at radius 2 is 2.38 bits per heavy atom. The van der Waals surface area contributed by atoms with Crippen molar-refractivity contribution >= 4 is 23.4 Å². The molecule has 0 aliphatic carbocycles. The standard InChI is InChI=1S/C11H18N4S/c1-3-10-13-9(12)6-11(14-10)15(2)8-4-5-16-7-8/h6,8H,3-5,7H2,1-2H3,(H2,12,13,14). The molecule has 16 heavy (non-hydrogen) atoms. The molecule has 5 heteroatoms. The first-order valence-electron chi connectivity index (χ1n) is 5.64. The molecule has 2 N–H and O–H groups in total. The van der Waals surface area contributed by atoms with Crippen LogP contribution in [0.2, 0.25) is 0 Å². The third-order valence-corrected chi connectivity index (χ3v) is 4.05. The highest BCUT2D eigenvalue weighted by atomic mass is 32.2. The predicted molar refractivity (Wildman–Crippen MR) is 70.0 cm³/mol. The van der Waals surface area contributed by atoms with Gasteiger partial charge in [-0.3, -0.25) is 0 Å². The van der Waals surface area contributed by atoms with Crippen molar-refractivity contribution in [3.05, 3.63) is 11.9 Å². The Bertz CT molecular complexity index is 363. The number of rotatable bonds is 3. The summed E-state index contributed by atoms with van der Waals surface area (Å²) in [6.07, 6.45) is 2.05. The molecule has 4 nitrogen and oxygen atoms in total. The van der Waals surface area contributed by atoms with Crippen LogP contribution in [0, 0.1) is 0 Å². The SMILES string of the molecule is CCc1nc(N)cc(N(C)C2CCSC2)n1. The highest BCUT2D eigenvalue weighted by Gasteiger charge is 2.21. The second-order valence-electron chi connectivity index (χ2n) is 4.05. The van der Waals surface area contributed by atoms with E-state index in [2.05, 4.69) is 21.9 Å². The first-order chi connectivity index (χ1) is 7.70. The Kier molecular flexibility index (Phi) is 3.53. The summed E-state index contributed by atoms with van der Waals surface area (Å²) in [4.78, 5) is 11.0. The van der Waals surface area contributed by atoms with E-state index in [9.17, 15) is 0 Å². The molecule has 1 unspecified atom stereocenters. The van der Waals surface area contributed by atoms with Crippen LogP contribution in [-0.4, -0.2) is 34.6 Å². The molecule has 1 fully saturated rings. The molecule has 1 aromatic heterocycles. The number of hydrogen-bond acceptors (Lipinski definition) is 5. The van der Waals surface area contributed by atoms with Gasteiger partial charge in [-0.25, -0.2) is 9.97 Å². The molecule has 1 aliphatic rings. The molecular formula is C11H18N4S. The molecule has 0 aromatic carbocycles. The fraction of sp³-hybridized carbons (Fsp3) is 0.636. The van der Waals surface area contributed by atoms with Crippen LogP contribution >= 0.6 is 11.8 Å². The van der Waals surface area contributed by atoms with Crippen LogP contribution in [-0.2, 0) is 6.42 Å². The molecule has 1 atom stereocenters. The van der Waals surface area contributed by atoms with Crippen LogP contribution in [0.25, 0.3) is 0 Å². The van der Waals surface area contributed by atoms with Gasteiger partial charge in [0.25, 0.3) is 0 Å². The maximum Gasteiger partial charge on any atom is 0.134 e. The largest absolute Gasteiger partial charge is 0.384 e. The van der Waals surface area contributed by atoms with Gasteiger partial charge in [-0.05, 0) is 12.2 Å². The molecule has 1 aromatic rings. The fourth-order valence-electron chi connectivity index (χ4n) is 1.86. The summed E-state index contributed by atoms with van der Waals surface area (Å²) in [5, 5.41) is 0. The highest BCUT2D eigenvalue weighted by molar-refractivity contribution is 7.99. The van der Waals surface area contributed by atoms with Crippen molar-refractivity contribution in [2.45, 2.75) is 25.8 Å². The number of thioether (sulfide) groups is 1. The van der Waals surface area contributed by atoms with Gasteiger partial charge in [0, 0.05) is 31.3 Å². The molecule has 1 saturated heterocycles. The van der Waals surface area contributed by atoms with E-state index < -0.39 is 0 Å². The third kappa shape index (κ3) is 2.40. The predicted octanol–water partition coefficient (Wildman–Crippen LogP) is 1.56. The van der Waals surface area contributed by atoms with E-state index in [-0.39, 0.29) is 0 Å². The summed E-state index contributed by atoms with van der Waals surface area (Å²) in [5.74, 6) is 4.78. The van der Waals surface area contributed by atoms with Gasteiger partial charge in [-0.2, -0.15) is 11.8 Å². The van der Waals surface area contributed by atoms with Crippen LogP contribution in [0.5, 0.6) is 0 Å². The molecule has 88 valence electrons. The lowest BCUT2D eigenvalue weighted by Crippen LogP contribution is -2.32. The van der Waals surface area contributed by atoms with Gasteiger partial charge in [0.1, 0.15) is 17.5 Å². The van der Waals surface area contributed by atoms with Crippen molar-refractivity contribution < 1.29 is 0 Å². The minimum Gasteiger partial charge on any atom is -0.384 e. The number of nitrogens with zero attached hydrogens (tertiary/aromatic N) is 3. The zero-order valence-corrected chi connectivity index (χ0v) is 10.6. The number of hydrogen-bond donors (Lipinski definition) is 1. The van der Waals surface area contributed by atoms with E-state index in [0.717, 1.165) is 18.1 Å². The smallest absolute Gasteiger partial charge is 0.134 e. The lowest BCUT2D eigenvalue weighted by Gasteiger charge is -2.25. The summed E-state index contributed by atoms with van der Waals surface area (Å²) >= 11 is 2.00. The first-order valence-corrected chi connectivity index (χ1v) is 6.80. The van der Waals surface area contributed by atoms with E-state index in [4.69, 9.17) is 5.73 Å². The van der Waals surface area contributed by atoms with E-state index >= 15 is 0 Å². The molecule has 2 rings (SSSR count). The molecule has 0 radical (unpaired) electrons. The second-order valence-corrected chi connectivity index (χ2v) is 5.20. The van der Waals surface area contributed by atoms with Gasteiger partial charge in [0.15, 0.2) is 0 Å². The number of nitrogens with two attached hydrogens (primary N) is 1. The average Bonchev–Trinajstić information content (AvgIpc) is 2.80. The van der Waals surface area contributed by atoms with E-state index in [1.165, 1.54) is 17.9 Å². The minimum absolute atomic E-state index is 0.569. The molecular weight excluding hydrogens is 220 g/mol. The number of aryl methyl sites for hydroxylation is 1. The molecule has 0 bridgehead atoms. The van der Waals surface area contributed by atoms with E-state index in [1.807, 2.05) is 24.8 Å². The zero-order chi connectivity index (χ0) is 11.5.